The van der Waals surface area contributed by atoms with Gasteiger partial charge in [0.2, 0.25) is 5.88 Å². The lowest BCUT2D eigenvalue weighted by atomic mass is 9.65. The number of hydrogen-bond donors (Lipinski definition) is 2. The van der Waals surface area contributed by atoms with Gasteiger partial charge in [0.05, 0.1) is 12.4 Å². The number of rotatable bonds is 5. The number of carbonyl (C=O) groups excluding carboxylic acids is 1. The molecule has 0 bridgehead atoms. The first-order valence-electron chi connectivity index (χ1n) is 7.60. The molecule has 1 saturated carbocycles. The summed E-state index contributed by atoms with van der Waals surface area (Å²) in [4.78, 5) is 19.6. The number of amides is 1. The summed E-state index contributed by atoms with van der Waals surface area (Å²) >= 11 is 0. The van der Waals surface area contributed by atoms with Crippen LogP contribution >= 0.6 is 0 Å². The summed E-state index contributed by atoms with van der Waals surface area (Å²) in [5.74, 6) is -0.884. The van der Waals surface area contributed by atoms with Crippen LogP contribution in [-0.4, -0.2) is 27.5 Å². The van der Waals surface area contributed by atoms with E-state index in [0.29, 0.717) is 6.54 Å². The van der Waals surface area contributed by atoms with E-state index in [1.807, 2.05) is 6.07 Å². The van der Waals surface area contributed by atoms with Crippen LogP contribution in [-0.2, 0) is 6.42 Å². The van der Waals surface area contributed by atoms with E-state index in [0.717, 1.165) is 31.2 Å². The van der Waals surface area contributed by atoms with Crippen LogP contribution in [0.15, 0.2) is 36.7 Å². The van der Waals surface area contributed by atoms with Crippen molar-refractivity contribution in [2.45, 2.75) is 25.7 Å². The van der Waals surface area contributed by atoms with Gasteiger partial charge in [-0.15, -0.1) is 0 Å². The monoisotopic (exact) mass is 315 g/mol. The molecule has 1 amide bonds. The minimum absolute atomic E-state index is 0.0340. The van der Waals surface area contributed by atoms with Crippen LogP contribution in [0.4, 0.5) is 4.39 Å². The molecule has 6 heteroatoms. The van der Waals surface area contributed by atoms with Crippen molar-refractivity contribution < 1.29 is 14.3 Å². The van der Waals surface area contributed by atoms with Crippen LogP contribution in [0.3, 0.4) is 0 Å². The van der Waals surface area contributed by atoms with Gasteiger partial charge in [0.15, 0.2) is 0 Å². The van der Waals surface area contributed by atoms with Crippen LogP contribution in [0, 0.1) is 11.2 Å². The highest BCUT2D eigenvalue weighted by Gasteiger charge is 2.37. The molecular formula is C17H18FN3O2. The van der Waals surface area contributed by atoms with E-state index in [1.165, 1.54) is 18.5 Å². The third-order valence-electron chi connectivity index (χ3n) is 4.36. The zero-order valence-corrected chi connectivity index (χ0v) is 12.6. The van der Waals surface area contributed by atoms with Crippen molar-refractivity contribution in [2.75, 3.05) is 6.54 Å². The zero-order valence-electron chi connectivity index (χ0n) is 12.6. The van der Waals surface area contributed by atoms with Gasteiger partial charge in [0, 0.05) is 6.54 Å². The van der Waals surface area contributed by atoms with Gasteiger partial charge in [-0.25, -0.2) is 9.37 Å². The number of benzene rings is 1. The summed E-state index contributed by atoms with van der Waals surface area (Å²) in [7, 11) is 0. The van der Waals surface area contributed by atoms with Crippen LogP contribution in [0.1, 0.15) is 35.3 Å². The van der Waals surface area contributed by atoms with Crippen molar-refractivity contribution in [2.24, 2.45) is 5.41 Å². The highest BCUT2D eigenvalue weighted by atomic mass is 19.1. The maximum absolute atomic E-state index is 13.3. The first-order chi connectivity index (χ1) is 11.1. The summed E-state index contributed by atoms with van der Waals surface area (Å²) < 4.78 is 13.3. The van der Waals surface area contributed by atoms with Crippen molar-refractivity contribution in [3.8, 4) is 5.88 Å². The van der Waals surface area contributed by atoms with Gasteiger partial charge in [-0.3, -0.25) is 9.78 Å². The second-order valence-corrected chi connectivity index (χ2v) is 6.11. The average Bonchev–Trinajstić information content (AvgIpc) is 2.49. The first-order valence-corrected chi connectivity index (χ1v) is 7.60. The molecule has 5 nitrogen and oxygen atoms in total. The van der Waals surface area contributed by atoms with Gasteiger partial charge in [-0.05, 0) is 42.4 Å². The predicted molar refractivity (Wildman–Crippen MR) is 82.4 cm³/mol. The molecule has 0 radical (unpaired) electrons. The second kappa shape index (κ2) is 6.32. The average molecular weight is 315 g/mol. The molecule has 1 fully saturated rings. The lowest BCUT2D eigenvalue weighted by Crippen LogP contribution is -2.43. The van der Waals surface area contributed by atoms with E-state index in [1.54, 1.807) is 12.1 Å². The molecule has 0 unspecified atom stereocenters. The van der Waals surface area contributed by atoms with Gasteiger partial charge in [0.25, 0.3) is 5.91 Å². The van der Waals surface area contributed by atoms with Gasteiger partial charge < -0.3 is 10.4 Å². The number of hydrogen-bond acceptors (Lipinski definition) is 4. The van der Waals surface area contributed by atoms with Gasteiger partial charge in [-0.2, -0.15) is 0 Å². The Morgan fingerprint density at radius 2 is 2.17 bits per heavy atom. The largest absolute Gasteiger partial charge is 0.492 e. The van der Waals surface area contributed by atoms with E-state index in [9.17, 15) is 14.3 Å². The van der Waals surface area contributed by atoms with Crippen molar-refractivity contribution in [3.63, 3.8) is 0 Å². The molecule has 3 rings (SSSR count). The van der Waals surface area contributed by atoms with Gasteiger partial charge in [0.1, 0.15) is 11.5 Å². The Labute approximate surface area is 133 Å². The van der Waals surface area contributed by atoms with Gasteiger partial charge >= 0.3 is 0 Å². The summed E-state index contributed by atoms with van der Waals surface area (Å²) in [6, 6.07) is 6.59. The number of carbonyl (C=O) groups is 1. The summed E-state index contributed by atoms with van der Waals surface area (Å²) in [5, 5.41) is 12.1. The Balaban J connectivity index is 1.64. The maximum atomic E-state index is 13.3. The molecule has 1 aliphatic carbocycles. The summed E-state index contributed by atoms with van der Waals surface area (Å²) in [6.45, 7) is 0.500. The second-order valence-electron chi connectivity index (χ2n) is 6.11. The van der Waals surface area contributed by atoms with Crippen LogP contribution in [0.5, 0.6) is 5.88 Å². The fourth-order valence-corrected chi connectivity index (χ4v) is 3.00. The highest BCUT2D eigenvalue weighted by molar-refractivity contribution is 5.92. The Morgan fingerprint density at radius 1 is 1.35 bits per heavy atom. The third kappa shape index (κ3) is 3.64. The van der Waals surface area contributed by atoms with Crippen LogP contribution < -0.4 is 5.32 Å². The standard InChI is InChI=1S/C17H18FN3O2/c18-13-4-1-3-12(7-13)8-17(5-2-6-17)11-20-16(23)14-9-19-10-15(22)21-14/h1,3-4,7,9-10H,2,5-6,8,11H2,(H,20,23)(H,21,22). The van der Waals surface area contributed by atoms with Crippen LogP contribution in [0.25, 0.3) is 0 Å². The smallest absolute Gasteiger partial charge is 0.271 e. The highest BCUT2D eigenvalue weighted by Crippen LogP contribution is 2.43. The number of halogens is 1. The van der Waals surface area contributed by atoms with E-state index in [2.05, 4.69) is 15.3 Å². The summed E-state index contributed by atoms with van der Waals surface area (Å²) in [5.41, 5.74) is 0.995. The number of nitrogens with zero attached hydrogens (tertiary/aromatic N) is 2. The molecule has 120 valence electrons. The molecule has 1 aromatic carbocycles. The molecule has 2 N–H and O–H groups in total. The zero-order chi connectivity index (χ0) is 16.3. The quantitative estimate of drug-likeness (QED) is 0.889. The number of nitrogens with one attached hydrogen (secondary N) is 1. The Hall–Kier alpha value is -2.50. The number of aromatic nitrogens is 2. The number of aromatic hydroxyl groups is 1. The van der Waals surface area contributed by atoms with E-state index in [4.69, 9.17) is 0 Å². The predicted octanol–water partition coefficient (Wildman–Crippen LogP) is 2.46. The normalized spacial score (nSPS) is 15.7. The molecule has 23 heavy (non-hydrogen) atoms. The minimum atomic E-state index is -0.362. The molecule has 0 aliphatic heterocycles. The molecule has 0 atom stereocenters. The molecule has 1 aromatic heterocycles. The van der Waals surface area contributed by atoms with Crippen molar-refractivity contribution >= 4 is 5.91 Å². The van der Waals surface area contributed by atoms with E-state index in [-0.39, 0.29) is 28.7 Å². The lowest BCUT2D eigenvalue weighted by Gasteiger charge is -2.42. The minimum Gasteiger partial charge on any atom is -0.492 e. The van der Waals surface area contributed by atoms with Crippen LogP contribution in [0.2, 0.25) is 0 Å². The van der Waals surface area contributed by atoms with Crippen molar-refractivity contribution in [1.82, 2.24) is 15.3 Å². The maximum Gasteiger partial charge on any atom is 0.271 e. The topological polar surface area (TPSA) is 75.1 Å². The Kier molecular flexibility index (Phi) is 4.23. The van der Waals surface area contributed by atoms with Crippen molar-refractivity contribution in [3.05, 3.63) is 53.7 Å². The summed E-state index contributed by atoms with van der Waals surface area (Å²) in [6.07, 6.45) is 6.32. The molecule has 0 saturated heterocycles. The SMILES string of the molecule is O=C(NCC1(Cc2cccc(F)c2)CCC1)c1cncc(O)n1. The Bertz CT molecular complexity index is 716. The van der Waals surface area contributed by atoms with E-state index >= 15 is 0 Å². The molecule has 0 spiro atoms. The third-order valence-corrected chi connectivity index (χ3v) is 4.36. The first kappa shape index (κ1) is 15.4. The Morgan fingerprint density at radius 3 is 2.83 bits per heavy atom. The fraction of sp³-hybridized carbons (Fsp3) is 0.353. The van der Waals surface area contributed by atoms with Crippen molar-refractivity contribution in [1.29, 1.82) is 0 Å². The van der Waals surface area contributed by atoms with E-state index < -0.39 is 0 Å². The lowest BCUT2D eigenvalue weighted by molar-refractivity contribution is 0.0853. The molecule has 2 aromatic rings. The molecule has 1 aliphatic rings. The van der Waals surface area contributed by atoms with Gasteiger partial charge in [-0.1, -0.05) is 18.6 Å². The molecule has 1 heterocycles. The fourth-order valence-electron chi connectivity index (χ4n) is 3.00. The molecular weight excluding hydrogens is 297 g/mol.